The van der Waals surface area contributed by atoms with Gasteiger partial charge >= 0.3 is 5.97 Å². The fourth-order valence-electron chi connectivity index (χ4n) is 2.18. The average Bonchev–Trinajstić information content (AvgIpc) is 2.60. The first-order valence-corrected chi connectivity index (χ1v) is 8.16. The van der Waals surface area contributed by atoms with Crippen LogP contribution in [0.3, 0.4) is 0 Å². The molecule has 0 radical (unpaired) electrons. The van der Waals surface area contributed by atoms with Crippen molar-refractivity contribution in [2.24, 2.45) is 0 Å². The Morgan fingerprint density at radius 2 is 1.77 bits per heavy atom. The first-order valence-electron chi connectivity index (χ1n) is 8.16. The second-order valence-electron chi connectivity index (χ2n) is 5.86. The van der Waals surface area contributed by atoms with E-state index < -0.39 is 18.0 Å². The smallest absolute Gasteiger partial charge is 0.344 e. The van der Waals surface area contributed by atoms with E-state index >= 15 is 0 Å². The molecular formula is C20H21NO5. The molecule has 0 unspecified atom stereocenters. The van der Waals surface area contributed by atoms with Gasteiger partial charge in [0.2, 0.25) is 0 Å². The molecule has 0 spiro atoms. The highest BCUT2D eigenvalue weighted by Crippen LogP contribution is 2.13. The standard InChI is InChI=1S/C20H21NO5/c1-13-5-4-6-17(11-13)21-20(24)15(3)26-19(23)12-25-18-9-7-16(8-10-18)14(2)22/h4-11,15H,12H2,1-3H3,(H,21,24)/t15-/m0/s1. The van der Waals surface area contributed by atoms with E-state index in [-0.39, 0.29) is 12.4 Å². The van der Waals surface area contributed by atoms with Crippen molar-refractivity contribution in [2.45, 2.75) is 26.9 Å². The fraction of sp³-hybridized carbons (Fsp3) is 0.250. The molecule has 1 N–H and O–H groups in total. The van der Waals surface area contributed by atoms with Gasteiger partial charge in [-0.1, -0.05) is 12.1 Å². The van der Waals surface area contributed by atoms with E-state index in [1.54, 1.807) is 30.3 Å². The Morgan fingerprint density at radius 1 is 1.08 bits per heavy atom. The van der Waals surface area contributed by atoms with Crippen molar-refractivity contribution in [1.82, 2.24) is 0 Å². The molecule has 6 heteroatoms. The number of carbonyl (C=O) groups excluding carboxylic acids is 3. The summed E-state index contributed by atoms with van der Waals surface area (Å²) in [5, 5.41) is 2.69. The fourth-order valence-corrected chi connectivity index (χ4v) is 2.18. The Kier molecular flexibility index (Phi) is 6.49. The van der Waals surface area contributed by atoms with Crippen LogP contribution in [0.2, 0.25) is 0 Å². The van der Waals surface area contributed by atoms with E-state index in [2.05, 4.69) is 5.32 Å². The number of carbonyl (C=O) groups is 3. The molecule has 1 amide bonds. The van der Waals surface area contributed by atoms with Crippen molar-refractivity contribution in [3.8, 4) is 5.75 Å². The molecule has 2 aromatic carbocycles. The zero-order valence-electron chi connectivity index (χ0n) is 14.9. The second kappa shape index (κ2) is 8.80. The van der Waals surface area contributed by atoms with Gasteiger partial charge in [0.15, 0.2) is 18.5 Å². The number of rotatable bonds is 7. The zero-order chi connectivity index (χ0) is 19.1. The molecule has 136 valence electrons. The molecular weight excluding hydrogens is 334 g/mol. The predicted octanol–water partition coefficient (Wildman–Crippen LogP) is 3.15. The highest BCUT2D eigenvalue weighted by molar-refractivity contribution is 5.95. The lowest BCUT2D eigenvalue weighted by atomic mass is 10.1. The third-order valence-electron chi connectivity index (χ3n) is 3.58. The lowest BCUT2D eigenvalue weighted by Crippen LogP contribution is -2.31. The number of anilines is 1. The Morgan fingerprint density at radius 3 is 2.38 bits per heavy atom. The maximum Gasteiger partial charge on any atom is 0.344 e. The van der Waals surface area contributed by atoms with Crippen LogP contribution in [0.5, 0.6) is 5.75 Å². The van der Waals surface area contributed by atoms with Crippen LogP contribution >= 0.6 is 0 Å². The Balaban J connectivity index is 1.80. The van der Waals surface area contributed by atoms with Crippen molar-refractivity contribution in [3.05, 3.63) is 59.7 Å². The average molecular weight is 355 g/mol. The quantitative estimate of drug-likeness (QED) is 0.609. The molecule has 0 aliphatic heterocycles. The van der Waals surface area contributed by atoms with Gasteiger partial charge in [-0.3, -0.25) is 9.59 Å². The van der Waals surface area contributed by atoms with Gasteiger partial charge in [-0.05, 0) is 62.7 Å². The van der Waals surface area contributed by atoms with Crippen LogP contribution in [0, 0.1) is 6.92 Å². The number of benzene rings is 2. The molecule has 0 aliphatic rings. The third kappa shape index (κ3) is 5.73. The van der Waals surface area contributed by atoms with Gasteiger partial charge in [0.05, 0.1) is 0 Å². The molecule has 0 heterocycles. The van der Waals surface area contributed by atoms with Crippen molar-refractivity contribution in [1.29, 1.82) is 0 Å². The highest BCUT2D eigenvalue weighted by atomic mass is 16.6. The molecule has 0 saturated heterocycles. The molecule has 6 nitrogen and oxygen atoms in total. The summed E-state index contributed by atoms with van der Waals surface area (Å²) >= 11 is 0. The van der Waals surface area contributed by atoms with Crippen LogP contribution in [0.4, 0.5) is 5.69 Å². The van der Waals surface area contributed by atoms with Gasteiger partial charge in [0.1, 0.15) is 5.75 Å². The molecule has 0 bridgehead atoms. The van der Waals surface area contributed by atoms with E-state index in [0.717, 1.165) is 5.56 Å². The Hall–Kier alpha value is -3.15. The Labute approximate surface area is 152 Å². The number of hydrogen-bond donors (Lipinski definition) is 1. The van der Waals surface area contributed by atoms with Crippen LogP contribution in [0.1, 0.15) is 29.8 Å². The molecule has 2 aromatic rings. The monoisotopic (exact) mass is 355 g/mol. The molecule has 0 saturated carbocycles. The number of amides is 1. The van der Waals surface area contributed by atoms with Gasteiger partial charge in [-0.2, -0.15) is 0 Å². The second-order valence-corrected chi connectivity index (χ2v) is 5.86. The third-order valence-corrected chi connectivity index (χ3v) is 3.58. The van der Waals surface area contributed by atoms with E-state index in [1.165, 1.54) is 13.8 Å². The lowest BCUT2D eigenvalue weighted by Gasteiger charge is -2.14. The maximum absolute atomic E-state index is 12.1. The maximum atomic E-state index is 12.1. The summed E-state index contributed by atoms with van der Waals surface area (Å²) in [6.07, 6.45) is -0.952. The van der Waals surface area contributed by atoms with Crippen molar-refractivity contribution >= 4 is 23.3 Å². The first kappa shape index (κ1) is 19.2. The van der Waals surface area contributed by atoms with E-state index in [4.69, 9.17) is 9.47 Å². The normalized spacial score (nSPS) is 11.3. The van der Waals surface area contributed by atoms with Gasteiger partial charge in [-0.25, -0.2) is 4.79 Å². The molecule has 0 fully saturated rings. The minimum Gasteiger partial charge on any atom is -0.482 e. The number of aryl methyl sites for hydroxylation is 1. The van der Waals surface area contributed by atoms with E-state index in [9.17, 15) is 14.4 Å². The number of hydrogen-bond acceptors (Lipinski definition) is 5. The first-order chi connectivity index (χ1) is 12.3. The van der Waals surface area contributed by atoms with E-state index in [1.807, 2.05) is 25.1 Å². The summed E-state index contributed by atoms with van der Waals surface area (Å²) in [7, 11) is 0. The number of ketones is 1. The summed E-state index contributed by atoms with van der Waals surface area (Å²) in [6, 6.07) is 13.7. The van der Waals surface area contributed by atoms with Crippen LogP contribution in [-0.4, -0.2) is 30.4 Å². The minimum absolute atomic E-state index is 0.0515. The zero-order valence-corrected chi connectivity index (χ0v) is 14.9. The molecule has 0 aromatic heterocycles. The minimum atomic E-state index is -0.952. The summed E-state index contributed by atoms with van der Waals surface area (Å²) in [5.74, 6) is -0.699. The van der Waals surface area contributed by atoms with Crippen LogP contribution < -0.4 is 10.1 Å². The largest absolute Gasteiger partial charge is 0.482 e. The SMILES string of the molecule is CC(=O)c1ccc(OCC(=O)O[C@@H](C)C(=O)Nc2cccc(C)c2)cc1. The summed E-state index contributed by atoms with van der Waals surface area (Å²) in [6.45, 7) is 4.54. The van der Waals surface area contributed by atoms with Crippen molar-refractivity contribution in [3.63, 3.8) is 0 Å². The topological polar surface area (TPSA) is 81.7 Å². The van der Waals surface area contributed by atoms with Crippen molar-refractivity contribution in [2.75, 3.05) is 11.9 Å². The number of ether oxygens (including phenoxy) is 2. The lowest BCUT2D eigenvalue weighted by molar-refractivity contribution is -0.155. The van der Waals surface area contributed by atoms with Crippen LogP contribution in [0.25, 0.3) is 0 Å². The number of esters is 1. The molecule has 1 atom stereocenters. The number of nitrogens with one attached hydrogen (secondary N) is 1. The molecule has 0 aliphatic carbocycles. The van der Waals surface area contributed by atoms with E-state index in [0.29, 0.717) is 17.0 Å². The van der Waals surface area contributed by atoms with Gasteiger partial charge in [0, 0.05) is 11.3 Å². The molecule has 26 heavy (non-hydrogen) atoms. The predicted molar refractivity (Wildman–Crippen MR) is 97.3 cm³/mol. The molecule has 2 rings (SSSR count). The van der Waals surface area contributed by atoms with Gasteiger partial charge in [0.25, 0.3) is 5.91 Å². The van der Waals surface area contributed by atoms with Gasteiger partial charge < -0.3 is 14.8 Å². The van der Waals surface area contributed by atoms with Crippen LogP contribution in [0.15, 0.2) is 48.5 Å². The van der Waals surface area contributed by atoms with Gasteiger partial charge in [-0.15, -0.1) is 0 Å². The summed E-state index contributed by atoms with van der Waals surface area (Å²) < 4.78 is 10.4. The highest BCUT2D eigenvalue weighted by Gasteiger charge is 2.18. The van der Waals surface area contributed by atoms with Crippen molar-refractivity contribution < 1.29 is 23.9 Å². The summed E-state index contributed by atoms with van der Waals surface area (Å²) in [4.78, 5) is 35.1. The summed E-state index contributed by atoms with van der Waals surface area (Å²) in [5.41, 5.74) is 2.21. The Bertz CT molecular complexity index is 798. The van der Waals surface area contributed by atoms with Crippen LogP contribution in [-0.2, 0) is 14.3 Å². The number of Topliss-reactive ketones (excluding diaryl/α,β-unsaturated/α-hetero) is 1.